The van der Waals surface area contributed by atoms with Gasteiger partial charge in [0.2, 0.25) is 5.89 Å². The third-order valence-electron chi connectivity index (χ3n) is 3.95. The van der Waals surface area contributed by atoms with Crippen LogP contribution in [0.3, 0.4) is 0 Å². The molecular weight excluding hydrogens is 314 g/mol. The van der Waals surface area contributed by atoms with E-state index in [9.17, 15) is 0 Å². The van der Waals surface area contributed by atoms with Gasteiger partial charge in [0.05, 0.1) is 0 Å². The van der Waals surface area contributed by atoms with Crippen LogP contribution in [0.4, 0.5) is 0 Å². The first-order valence-electron chi connectivity index (χ1n) is 8.71. The minimum absolute atomic E-state index is 0.194. The molecule has 0 bridgehead atoms. The van der Waals surface area contributed by atoms with Crippen LogP contribution in [0.2, 0.25) is 0 Å². The summed E-state index contributed by atoms with van der Waals surface area (Å²) in [4.78, 5) is 8.41. The summed E-state index contributed by atoms with van der Waals surface area (Å²) in [5, 5.41) is 10.4. The predicted molar refractivity (Wildman–Crippen MR) is 101 cm³/mol. The number of aliphatic imine (C=N–C) groups is 1. The highest BCUT2D eigenvalue weighted by Crippen LogP contribution is 2.22. The maximum Gasteiger partial charge on any atom is 0.228 e. The van der Waals surface area contributed by atoms with E-state index in [1.807, 2.05) is 6.92 Å². The van der Waals surface area contributed by atoms with Gasteiger partial charge in [0.25, 0.3) is 0 Å². The molecule has 0 radical (unpaired) electrons. The van der Waals surface area contributed by atoms with E-state index in [-0.39, 0.29) is 5.41 Å². The third-order valence-corrected chi connectivity index (χ3v) is 3.95. The summed E-state index contributed by atoms with van der Waals surface area (Å²) in [5.41, 5.74) is 2.87. The maximum atomic E-state index is 5.09. The smallest absolute Gasteiger partial charge is 0.228 e. The van der Waals surface area contributed by atoms with Crippen LogP contribution in [0.5, 0.6) is 0 Å². The van der Waals surface area contributed by atoms with Gasteiger partial charge in [-0.3, -0.25) is 4.99 Å². The van der Waals surface area contributed by atoms with Crippen LogP contribution in [-0.4, -0.2) is 36.2 Å². The largest absolute Gasteiger partial charge is 0.356 e. The Hall–Kier alpha value is -2.37. The second-order valence-electron chi connectivity index (χ2n) is 7.11. The summed E-state index contributed by atoms with van der Waals surface area (Å²) < 4.78 is 5.09. The average Bonchev–Trinajstić information content (AvgIpc) is 2.98. The molecule has 0 aliphatic carbocycles. The minimum atomic E-state index is 0.194. The molecule has 0 aliphatic heterocycles. The van der Waals surface area contributed by atoms with Crippen molar-refractivity contribution in [3.8, 4) is 0 Å². The molecule has 1 aromatic carbocycles. The molecule has 0 atom stereocenters. The van der Waals surface area contributed by atoms with Crippen LogP contribution in [0, 0.1) is 6.92 Å². The molecule has 6 heteroatoms. The van der Waals surface area contributed by atoms with Crippen molar-refractivity contribution < 1.29 is 4.52 Å². The molecule has 0 fully saturated rings. The van der Waals surface area contributed by atoms with E-state index >= 15 is 0 Å². The number of hydrogen-bond donors (Lipinski definition) is 2. The van der Waals surface area contributed by atoms with Gasteiger partial charge >= 0.3 is 0 Å². The monoisotopic (exact) mass is 343 g/mol. The SMILES string of the molecule is CN=C(NCCc1ccc(C(C)(C)C)cc1)NCCc1nc(C)no1. The molecule has 0 unspecified atom stereocenters. The molecule has 0 spiro atoms. The van der Waals surface area contributed by atoms with E-state index in [0.29, 0.717) is 24.7 Å². The van der Waals surface area contributed by atoms with Crippen LogP contribution in [0.15, 0.2) is 33.8 Å². The topological polar surface area (TPSA) is 75.3 Å². The lowest BCUT2D eigenvalue weighted by Crippen LogP contribution is -2.39. The number of rotatable bonds is 6. The van der Waals surface area contributed by atoms with Crippen molar-refractivity contribution in [3.63, 3.8) is 0 Å². The maximum absolute atomic E-state index is 5.09. The molecule has 2 aromatic rings. The van der Waals surface area contributed by atoms with Gasteiger partial charge in [-0.05, 0) is 29.9 Å². The lowest BCUT2D eigenvalue weighted by molar-refractivity contribution is 0.374. The normalized spacial score (nSPS) is 12.3. The molecule has 0 saturated carbocycles. The van der Waals surface area contributed by atoms with Crippen molar-refractivity contribution in [3.05, 3.63) is 47.1 Å². The molecule has 136 valence electrons. The fraction of sp³-hybridized carbons (Fsp3) is 0.526. The first-order chi connectivity index (χ1) is 11.9. The second-order valence-corrected chi connectivity index (χ2v) is 7.11. The van der Waals surface area contributed by atoms with E-state index < -0.39 is 0 Å². The zero-order valence-corrected chi connectivity index (χ0v) is 15.9. The van der Waals surface area contributed by atoms with Gasteiger partial charge in [-0.15, -0.1) is 0 Å². The van der Waals surface area contributed by atoms with Crippen molar-refractivity contribution in [2.45, 2.75) is 46.0 Å². The van der Waals surface area contributed by atoms with Crippen molar-refractivity contribution in [2.75, 3.05) is 20.1 Å². The molecule has 1 heterocycles. The summed E-state index contributed by atoms with van der Waals surface area (Å²) >= 11 is 0. The van der Waals surface area contributed by atoms with Crippen molar-refractivity contribution >= 4 is 5.96 Å². The lowest BCUT2D eigenvalue weighted by atomic mass is 9.86. The summed E-state index contributed by atoms with van der Waals surface area (Å²) in [6.45, 7) is 10.0. The molecule has 0 amide bonds. The molecule has 2 N–H and O–H groups in total. The second kappa shape index (κ2) is 8.65. The lowest BCUT2D eigenvalue weighted by Gasteiger charge is -2.19. The van der Waals surface area contributed by atoms with Gasteiger partial charge in [-0.2, -0.15) is 4.98 Å². The van der Waals surface area contributed by atoms with Gasteiger partial charge in [0.15, 0.2) is 11.8 Å². The van der Waals surface area contributed by atoms with E-state index in [1.54, 1.807) is 7.05 Å². The first kappa shape index (κ1) is 19.0. The number of benzene rings is 1. The number of guanidine groups is 1. The Morgan fingerprint density at radius 2 is 1.72 bits per heavy atom. The molecular formula is C19H29N5O. The third kappa shape index (κ3) is 6.21. The number of nitrogens with one attached hydrogen (secondary N) is 2. The van der Waals surface area contributed by atoms with Crippen molar-refractivity contribution in [1.29, 1.82) is 0 Å². The fourth-order valence-corrected chi connectivity index (χ4v) is 2.45. The zero-order chi connectivity index (χ0) is 18.3. The van der Waals surface area contributed by atoms with Crippen LogP contribution >= 0.6 is 0 Å². The van der Waals surface area contributed by atoms with Crippen LogP contribution in [0.25, 0.3) is 0 Å². The predicted octanol–water partition coefficient (Wildman–Crippen LogP) is 2.63. The van der Waals surface area contributed by atoms with Crippen molar-refractivity contribution in [1.82, 2.24) is 20.8 Å². The highest BCUT2D eigenvalue weighted by Gasteiger charge is 2.12. The molecule has 2 rings (SSSR count). The van der Waals surface area contributed by atoms with Gasteiger partial charge in [0.1, 0.15) is 0 Å². The van der Waals surface area contributed by atoms with E-state index in [1.165, 1.54) is 11.1 Å². The number of aromatic nitrogens is 2. The Morgan fingerprint density at radius 3 is 2.24 bits per heavy atom. The fourth-order valence-electron chi connectivity index (χ4n) is 2.45. The Morgan fingerprint density at radius 1 is 1.08 bits per heavy atom. The Kier molecular flexibility index (Phi) is 6.56. The Balaban J connectivity index is 1.71. The summed E-state index contributed by atoms with van der Waals surface area (Å²) in [6.07, 6.45) is 1.63. The molecule has 0 saturated heterocycles. The van der Waals surface area contributed by atoms with Gasteiger partial charge in [0, 0.05) is 26.6 Å². The van der Waals surface area contributed by atoms with E-state index in [2.05, 4.69) is 70.8 Å². The van der Waals surface area contributed by atoms with Crippen LogP contribution in [0.1, 0.15) is 43.6 Å². The minimum Gasteiger partial charge on any atom is -0.356 e. The zero-order valence-electron chi connectivity index (χ0n) is 15.9. The Labute approximate surface area is 150 Å². The van der Waals surface area contributed by atoms with Crippen LogP contribution < -0.4 is 10.6 Å². The van der Waals surface area contributed by atoms with Gasteiger partial charge in [-0.25, -0.2) is 0 Å². The van der Waals surface area contributed by atoms with E-state index in [4.69, 9.17) is 4.52 Å². The molecule has 0 aliphatic rings. The average molecular weight is 343 g/mol. The van der Waals surface area contributed by atoms with Crippen molar-refractivity contribution in [2.24, 2.45) is 4.99 Å². The summed E-state index contributed by atoms with van der Waals surface area (Å²) in [7, 11) is 1.77. The van der Waals surface area contributed by atoms with Crippen LogP contribution in [-0.2, 0) is 18.3 Å². The van der Waals surface area contributed by atoms with Gasteiger partial charge < -0.3 is 15.2 Å². The highest BCUT2D eigenvalue weighted by atomic mass is 16.5. The number of aryl methyl sites for hydroxylation is 1. The number of hydrogen-bond acceptors (Lipinski definition) is 4. The summed E-state index contributed by atoms with van der Waals surface area (Å²) in [5.74, 6) is 2.08. The van der Waals surface area contributed by atoms with E-state index in [0.717, 1.165) is 18.9 Å². The molecule has 25 heavy (non-hydrogen) atoms. The first-order valence-corrected chi connectivity index (χ1v) is 8.71. The quantitative estimate of drug-likeness (QED) is 0.623. The molecule has 1 aromatic heterocycles. The summed E-state index contributed by atoms with van der Waals surface area (Å²) in [6, 6.07) is 8.84. The number of nitrogens with zero attached hydrogens (tertiary/aromatic N) is 3. The Bertz CT molecular complexity index is 683. The standard InChI is InChI=1S/C19H29N5O/c1-14-23-17(25-24-14)11-13-22-18(20-5)21-12-10-15-6-8-16(9-7-15)19(2,3)4/h6-9H,10-13H2,1-5H3,(H2,20,21,22). The molecule has 6 nitrogen and oxygen atoms in total. The highest BCUT2D eigenvalue weighted by molar-refractivity contribution is 5.79. The van der Waals surface area contributed by atoms with Gasteiger partial charge in [-0.1, -0.05) is 50.2 Å².